The topological polar surface area (TPSA) is 49.9 Å². The first kappa shape index (κ1) is 16.7. The van der Waals surface area contributed by atoms with Crippen LogP contribution in [0.2, 0.25) is 0 Å². The molecule has 2 aliphatic heterocycles. The Kier molecular flexibility index (Phi) is 4.95. The molecule has 0 unspecified atom stereocenters. The van der Waals surface area contributed by atoms with Crippen LogP contribution in [0.1, 0.15) is 52.4 Å². The predicted octanol–water partition coefficient (Wildman–Crippen LogP) is 2.05. The van der Waals surface area contributed by atoms with E-state index in [2.05, 4.69) is 18.7 Å². The fraction of sp³-hybridized carbons (Fsp3) is 0.889. The molecule has 130 valence electrons. The van der Waals surface area contributed by atoms with Crippen molar-refractivity contribution in [3.8, 4) is 0 Å². The van der Waals surface area contributed by atoms with Crippen molar-refractivity contribution in [2.75, 3.05) is 20.2 Å². The predicted molar refractivity (Wildman–Crippen MR) is 87.8 cm³/mol. The van der Waals surface area contributed by atoms with E-state index >= 15 is 0 Å². The van der Waals surface area contributed by atoms with Gasteiger partial charge >= 0.3 is 0 Å². The van der Waals surface area contributed by atoms with Crippen LogP contribution in [0, 0.1) is 11.8 Å². The van der Waals surface area contributed by atoms with Crippen LogP contribution in [0.5, 0.6) is 0 Å². The summed E-state index contributed by atoms with van der Waals surface area (Å²) in [5.41, 5.74) is 0. The second-order valence-corrected chi connectivity index (χ2v) is 7.63. The smallest absolute Gasteiger partial charge is 0.254 e. The fourth-order valence-electron chi connectivity index (χ4n) is 4.71. The van der Waals surface area contributed by atoms with Gasteiger partial charge in [0.1, 0.15) is 0 Å². The number of rotatable bonds is 4. The molecule has 2 atom stereocenters. The van der Waals surface area contributed by atoms with Crippen LogP contribution in [-0.4, -0.2) is 60.0 Å². The van der Waals surface area contributed by atoms with E-state index in [1.165, 1.54) is 12.8 Å². The molecule has 1 aliphatic carbocycles. The number of ether oxygens (including phenoxy) is 1. The first-order chi connectivity index (χ1) is 11.0. The average molecular weight is 322 g/mol. The Morgan fingerprint density at radius 1 is 1.13 bits per heavy atom. The zero-order chi connectivity index (χ0) is 16.6. The Hall–Kier alpha value is -1.10. The molecule has 0 radical (unpaired) electrons. The zero-order valence-corrected chi connectivity index (χ0v) is 14.7. The molecule has 3 rings (SSSR count). The van der Waals surface area contributed by atoms with Crippen LogP contribution in [0.4, 0.5) is 0 Å². The van der Waals surface area contributed by atoms with Gasteiger partial charge in [0.05, 0.1) is 6.04 Å². The van der Waals surface area contributed by atoms with Gasteiger partial charge in [-0.25, -0.2) is 0 Å². The van der Waals surface area contributed by atoms with Gasteiger partial charge in [0.25, 0.3) is 5.91 Å². The third kappa shape index (κ3) is 3.00. The first-order valence-electron chi connectivity index (χ1n) is 9.18. The standard InChI is InChI=1S/C18H30N2O3/c1-12(2)20-15(16(23-3)18(20)22)13-8-10-19(11-9-13)17(21)14-6-4-5-7-14/h12-16H,4-11H2,1-3H3/t15-,16+/m0/s1. The largest absolute Gasteiger partial charge is 0.369 e. The van der Waals surface area contributed by atoms with Gasteiger partial charge in [0.2, 0.25) is 5.91 Å². The van der Waals surface area contributed by atoms with E-state index in [4.69, 9.17) is 4.74 Å². The van der Waals surface area contributed by atoms with Crippen molar-refractivity contribution in [2.24, 2.45) is 11.8 Å². The highest BCUT2D eigenvalue weighted by molar-refractivity contribution is 5.88. The Bertz CT molecular complexity index is 451. The van der Waals surface area contributed by atoms with Crippen LogP contribution >= 0.6 is 0 Å². The molecule has 0 aromatic heterocycles. The number of likely N-dealkylation sites (tertiary alicyclic amines) is 2. The second-order valence-electron chi connectivity index (χ2n) is 7.63. The molecular weight excluding hydrogens is 292 g/mol. The Morgan fingerprint density at radius 2 is 1.74 bits per heavy atom. The van der Waals surface area contributed by atoms with Crippen molar-refractivity contribution in [2.45, 2.75) is 70.6 Å². The second kappa shape index (κ2) is 6.80. The average Bonchev–Trinajstić information content (AvgIpc) is 3.06. The zero-order valence-electron chi connectivity index (χ0n) is 14.7. The van der Waals surface area contributed by atoms with E-state index in [-0.39, 0.29) is 30.0 Å². The molecule has 23 heavy (non-hydrogen) atoms. The third-order valence-electron chi connectivity index (χ3n) is 5.98. The quantitative estimate of drug-likeness (QED) is 0.744. The number of hydrogen-bond donors (Lipinski definition) is 0. The summed E-state index contributed by atoms with van der Waals surface area (Å²) in [5.74, 6) is 1.22. The number of β-lactam (4-membered cyclic amide) rings is 1. The molecule has 3 fully saturated rings. The maximum absolute atomic E-state index is 12.5. The minimum Gasteiger partial charge on any atom is -0.369 e. The maximum Gasteiger partial charge on any atom is 0.254 e. The van der Waals surface area contributed by atoms with E-state index in [9.17, 15) is 9.59 Å². The number of methoxy groups -OCH3 is 1. The van der Waals surface area contributed by atoms with Crippen LogP contribution < -0.4 is 0 Å². The SMILES string of the molecule is CO[C@H]1C(=O)N(C(C)C)[C@H]1C1CCN(C(=O)C2CCCC2)CC1. The van der Waals surface area contributed by atoms with Gasteiger partial charge in [-0.1, -0.05) is 12.8 Å². The van der Waals surface area contributed by atoms with E-state index in [0.717, 1.165) is 38.8 Å². The van der Waals surface area contributed by atoms with Gasteiger partial charge in [-0.3, -0.25) is 9.59 Å². The summed E-state index contributed by atoms with van der Waals surface area (Å²) in [6.45, 7) is 5.81. The third-order valence-corrected chi connectivity index (χ3v) is 5.98. The number of piperidine rings is 1. The van der Waals surface area contributed by atoms with Gasteiger partial charge in [-0.05, 0) is 45.4 Å². The minimum absolute atomic E-state index is 0.122. The number of hydrogen-bond acceptors (Lipinski definition) is 3. The molecule has 0 spiro atoms. The van der Waals surface area contributed by atoms with E-state index in [1.807, 2.05) is 4.90 Å². The van der Waals surface area contributed by atoms with E-state index in [1.54, 1.807) is 7.11 Å². The summed E-state index contributed by atoms with van der Waals surface area (Å²) in [5, 5.41) is 0. The lowest BCUT2D eigenvalue weighted by Crippen LogP contribution is -2.70. The lowest BCUT2D eigenvalue weighted by atomic mass is 9.79. The summed E-state index contributed by atoms with van der Waals surface area (Å²) < 4.78 is 5.43. The molecule has 2 heterocycles. The van der Waals surface area contributed by atoms with Gasteiger partial charge in [-0.2, -0.15) is 0 Å². The van der Waals surface area contributed by atoms with Gasteiger partial charge in [0.15, 0.2) is 6.10 Å². The molecular formula is C18H30N2O3. The van der Waals surface area contributed by atoms with Crippen LogP contribution in [-0.2, 0) is 14.3 Å². The van der Waals surface area contributed by atoms with Crippen LogP contribution in [0.3, 0.4) is 0 Å². The Balaban J connectivity index is 1.57. The molecule has 0 aromatic carbocycles. The molecule has 0 N–H and O–H groups in total. The number of carbonyl (C=O) groups excluding carboxylic acids is 2. The number of carbonyl (C=O) groups is 2. The lowest BCUT2D eigenvalue weighted by molar-refractivity contribution is -0.182. The van der Waals surface area contributed by atoms with Gasteiger partial charge in [0, 0.05) is 32.2 Å². The molecule has 0 aromatic rings. The van der Waals surface area contributed by atoms with E-state index in [0.29, 0.717) is 11.8 Å². The molecule has 5 heteroatoms. The summed E-state index contributed by atoms with van der Waals surface area (Å²) in [6, 6.07) is 0.410. The van der Waals surface area contributed by atoms with Crippen molar-refractivity contribution in [3.05, 3.63) is 0 Å². The van der Waals surface area contributed by atoms with Gasteiger partial charge < -0.3 is 14.5 Å². The summed E-state index contributed by atoms with van der Waals surface area (Å²) >= 11 is 0. The number of amides is 2. The van der Waals surface area contributed by atoms with Crippen molar-refractivity contribution in [1.29, 1.82) is 0 Å². The van der Waals surface area contributed by atoms with Crippen molar-refractivity contribution in [1.82, 2.24) is 9.80 Å². The molecule has 1 saturated carbocycles. The van der Waals surface area contributed by atoms with Crippen LogP contribution in [0.25, 0.3) is 0 Å². The normalized spacial score (nSPS) is 30.2. The fourth-order valence-corrected chi connectivity index (χ4v) is 4.71. The van der Waals surface area contributed by atoms with E-state index < -0.39 is 0 Å². The highest BCUT2D eigenvalue weighted by Crippen LogP contribution is 2.37. The highest BCUT2D eigenvalue weighted by Gasteiger charge is 2.52. The Morgan fingerprint density at radius 3 is 2.26 bits per heavy atom. The minimum atomic E-state index is -0.278. The van der Waals surface area contributed by atoms with Crippen molar-refractivity contribution < 1.29 is 14.3 Å². The summed E-state index contributed by atoms with van der Waals surface area (Å²) in [7, 11) is 1.63. The molecule has 2 amide bonds. The lowest BCUT2D eigenvalue weighted by Gasteiger charge is -2.53. The summed E-state index contributed by atoms with van der Waals surface area (Å²) in [6.07, 6.45) is 6.25. The molecule has 3 aliphatic rings. The van der Waals surface area contributed by atoms with Crippen molar-refractivity contribution >= 4 is 11.8 Å². The first-order valence-corrected chi connectivity index (χ1v) is 9.18. The maximum atomic E-state index is 12.5. The highest BCUT2D eigenvalue weighted by atomic mass is 16.5. The summed E-state index contributed by atoms with van der Waals surface area (Å²) in [4.78, 5) is 28.8. The Labute approximate surface area is 139 Å². The molecule has 5 nitrogen and oxygen atoms in total. The van der Waals surface area contributed by atoms with Crippen LogP contribution in [0.15, 0.2) is 0 Å². The number of nitrogens with zero attached hydrogens (tertiary/aromatic N) is 2. The van der Waals surface area contributed by atoms with Gasteiger partial charge in [-0.15, -0.1) is 0 Å². The molecule has 0 bridgehead atoms. The molecule has 2 saturated heterocycles. The monoisotopic (exact) mass is 322 g/mol. The van der Waals surface area contributed by atoms with Crippen molar-refractivity contribution in [3.63, 3.8) is 0 Å².